The van der Waals surface area contributed by atoms with Crippen LogP contribution < -0.4 is 16.8 Å². The first kappa shape index (κ1) is 9.30. The smallest absolute Gasteiger partial charge is 0.187 e. The molecular formula is C9H11ClN4. The first-order chi connectivity index (χ1) is 6.68. The molecule has 2 rings (SSSR count). The highest BCUT2D eigenvalue weighted by molar-refractivity contribution is 6.31. The zero-order valence-corrected chi connectivity index (χ0v) is 8.25. The fourth-order valence-corrected chi connectivity index (χ4v) is 1.84. The zero-order valence-electron chi connectivity index (χ0n) is 7.50. The summed E-state index contributed by atoms with van der Waals surface area (Å²) in [7, 11) is 0. The second-order valence-electron chi connectivity index (χ2n) is 3.15. The lowest BCUT2D eigenvalue weighted by molar-refractivity contribution is 0.609. The summed E-state index contributed by atoms with van der Waals surface area (Å²) in [5.41, 5.74) is 12.8. The van der Waals surface area contributed by atoms with Crippen LogP contribution in [0.4, 0.5) is 0 Å². The highest BCUT2D eigenvalue weighted by Gasteiger charge is 2.22. The molecule has 4 nitrogen and oxygen atoms in total. The molecule has 1 aliphatic rings. The Kier molecular flexibility index (Phi) is 2.31. The Labute approximate surface area is 86.9 Å². The van der Waals surface area contributed by atoms with Crippen LogP contribution in [0.3, 0.4) is 0 Å². The van der Waals surface area contributed by atoms with Gasteiger partial charge in [0.15, 0.2) is 5.96 Å². The lowest BCUT2D eigenvalue weighted by Crippen LogP contribution is -2.25. The van der Waals surface area contributed by atoms with E-state index in [-0.39, 0.29) is 12.1 Å². The molecule has 0 saturated carbocycles. The quantitative estimate of drug-likeness (QED) is 0.472. The highest BCUT2D eigenvalue weighted by Crippen LogP contribution is 2.30. The Bertz CT molecular complexity index is 384. The number of benzene rings is 1. The van der Waals surface area contributed by atoms with E-state index in [0.717, 1.165) is 16.1 Å². The van der Waals surface area contributed by atoms with Gasteiger partial charge in [0.1, 0.15) is 6.17 Å². The van der Waals surface area contributed by atoms with Gasteiger partial charge in [-0.2, -0.15) is 0 Å². The van der Waals surface area contributed by atoms with Crippen molar-refractivity contribution in [1.82, 2.24) is 5.32 Å². The predicted octanol–water partition coefficient (Wildman–Crippen LogP) is 0.715. The molecule has 0 amide bonds. The average Bonchev–Trinajstić information content (AvgIpc) is 2.49. The molecule has 1 unspecified atom stereocenters. The van der Waals surface area contributed by atoms with E-state index < -0.39 is 0 Å². The van der Waals surface area contributed by atoms with Gasteiger partial charge >= 0.3 is 0 Å². The van der Waals surface area contributed by atoms with E-state index in [1.165, 1.54) is 0 Å². The molecule has 0 spiro atoms. The minimum atomic E-state index is -0.159. The molecule has 0 aliphatic carbocycles. The SMILES string of the molecule is NC(N)=NC1NCc2c(Cl)cccc21. The number of fused-ring (bicyclic) bond motifs is 1. The zero-order chi connectivity index (χ0) is 10.1. The van der Waals surface area contributed by atoms with Gasteiger partial charge in [0.25, 0.3) is 0 Å². The predicted molar refractivity (Wildman–Crippen MR) is 56.8 cm³/mol. The molecule has 1 aromatic rings. The standard InChI is InChI=1S/C9H11ClN4/c10-7-3-1-2-5-6(7)4-13-8(5)14-9(11)12/h1-3,8,13H,4H2,(H4,11,12,14). The van der Waals surface area contributed by atoms with Crippen LogP contribution >= 0.6 is 11.6 Å². The van der Waals surface area contributed by atoms with E-state index in [1.807, 2.05) is 18.2 Å². The van der Waals surface area contributed by atoms with E-state index in [2.05, 4.69) is 10.3 Å². The number of nitrogens with two attached hydrogens (primary N) is 2. The molecule has 0 aromatic heterocycles. The highest BCUT2D eigenvalue weighted by atomic mass is 35.5. The molecule has 5 heteroatoms. The molecule has 1 aliphatic heterocycles. The third kappa shape index (κ3) is 1.54. The number of aliphatic imine (C=N–C) groups is 1. The Morgan fingerprint density at radius 2 is 2.29 bits per heavy atom. The van der Waals surface area contributed by atoms with E-state index in [9.17, 15) is 0 Å². The van der Waals surface area contributed by atoms with Crippen molar-refractivity contribution in [2.45, 2.75) is 12.7 Å². The largest absolute Gasteiger partial charge is 0.370 e. The normalized spacial score (nSPS) is 19.1. The molecule has 0 bridgehead atoms. The van der Waals surface area contributed by atoms with Gasteiger partial charge in [-0.15, -0.1) is 0 Å². The number of nitrogens with zero attached hydrogens (tertiary/aromatic N) is 1. The van der Waals surface area contributed by atoms with E-state index in [1.54, 1.807) is 0 Å². The van der Waals surface area contributed by atoms with Crippen LogP contribution in [0.1, 0.15) is 17.3 Å². The second-order valence-corrected chi connectivity index (χ2v) is 3.55. The van der Waals surface area contributed by atoms with E-state index >= 15 is 0 Å². The van der Waals surface area contributed by atoms with Crippen molar-refractivity contribution in [3.8, 4) is 0 Å². The Balaban J connectivity index is 2.40. The fourth-order valence-electron chi connectivity index (χ4n) is 1.59. The van der Waals surface area contributed by atoms with Crippen LogP contribution in [-0.4, -0.2) is 5.96 Å². The molecule has 1 aromatic carbocycles. The van der Waals surface area contributed by atoms with Gasteiger partial charge in [0, 0.05) is 11.6 Å². The number of nitrogens with one attached hydrogen (secondary N) is 1. The minimum absolute atomic E-state index is 0.0790. The summed E-state index contributed by atoms with van der Waals surface area (Å²) in [6, 6.07) is 5.72. The van der Waals surface area contributed by atoms with Crippen LogP contribution in [0.2, 0.25) is 5.02 Å². The maximum absolute atomic E-state index is 6.02. The van der Waals surface area contributed by atoms with Crippen molar-refractivity contribution in [2.75, 3.05) is 0 Å². The fraction of sp³-hybridized carbons (Fsp3) is 0.222. The van der Waals surface area contributed by atoms with Crippen molar-refractivity contribution in [2.24, 2.45) is 16.5 Å². The van der Waals surface area contributed by atoms with Crippen molar-refractivity contribution < 1.29 is 0 Å². The molecule has 74 valence electrons. The number of halogens is 1. The van der Waals surface area contributed by atoms with Gasteiger partial charge < -0.3 is 11.5 Å². The van der Waals surface area contributed by atoms with Crippen LogP contribution in [0.15, 0.2) is 23.2 Å². The van der Waals surface area contributed by atoms with Gasteiger partial charge in [-0.3, -0.25) is 5.32 Å². The van der Waals surface area contributed by atoms with Gasteiger partial charge in [0.2, 0.25) is 0 Å². The lowest BCUT2D eigenvalue weighted by atomic mass is 10.1. The van der Waals surface area contributed by atoms with Crippen molar-refractivity contribution in [3.05, 3.63) is 34.3 Å². The van der Waals surface area contributed by atoms with Gasteiger partial charge in [-0.05, 0) is 17.2 Å². The molecule has 1 atom stereocenters. The van der Waals surface area contributed by atoms with Crippen molar-refractivity contribution in [3.63, 3.8) is 0 Å². The molecule has 0 radical (unpaired) electrons. The first-order valence-corrected chi connectivity index (χ1v) is 4.65. The molecule has 0 saturated heterocycles. The summed E-state index contributed by atoms with van der Waals surface area (Å²) in [5.74, 6) is 0.0790. The molecule has 0 fully saturated rings. The summed E-state index contributed by atoms with van der Waals surface area (Å²) in [6.45, 7) is 0.705. The Hall–Kier alpha value is -1.26. The summed E-state index contributed by atoms with van der Waals surface area (Å²) in [4.78, 5) is 4.06. The molecular weight excluding hydrogens is 200 g/mol. The summed E-state index contributed by atoms with van der Waals surface area (Å²) in [5, 5.41) is 3.92. The number of rotatable bonds is 1. The van der Waals surface area contributed by atoms with Crippen molar-refractivity contribution in [1.29, 1.82) is 0 Å². The monoisotopic (exact) mass is 210 g/mol. The van der Waals surface area contributed by atoms with Crippen LogP contribution in [-0.2, 0) is 6.54 Å². The summed E-state index contributed by atoms with van der Waals surface area (Å²) in [6.07, 6.45) is -0.159. The number of hydrogen-bond acceptors (Lipinski definition) is 2. The van der Waals surface area contributed by atoms with Gasteiger partial charge in [-0.1, -0.05) is 23.7 Å². The number of guanidine groups is 1. The first-order valence-electron chi connectivity index (χ1n) is 4.28. The Morgan fingerprint density at radius 3 is 3.00 bits per heavy atom. The third-order valence-electron chi connectivity index (χ3n) is 2.20. The summed E-state index contributed by atoms with van der Waals surface area (Å²) < 4.78 is 0. The van der Waals surface area contributed by atoms with Gasteiger partial charge in [0.05, 0.1) is 0 Å². The van der Waals surface area contributed by atoms with E-state index in [0.29, 0.717) is 6.54 Å². The third-order valence-corrected chi connectivity index (χ3v) is 2.55. The minimum Gasteiger partial charge on any atom is -0.370 e. The van der Waals surface area contributed by atoms with Gasteiger partial charge in [-0.25, -0.2) is 4.99 Å². The Morgan fingerprint density at radius 1 is 1.50 bits per heavy atom. The maximum Gasteiger partial charge on any atom is 0.187 e. The molecule has 5 N–H and O–H groups in total. The molecule has 1 heterocycles. The van der Waals surface area contributed by atoms with Crippen LogP contribution in [0, 0.1) is 0 Å². The van der Waals surface area contributed by atoms with Crippen LogP contribution in [0.25, 0.3) is 0 Å². The van der Waals surface area contributed by atoms with Crippen molar-refractivity contribution >= 4 is 17.6 Å². The average molecular weight is 211 g/mol. The second kappa shape index (κ2) is 3.48. The lowest BCUT2D eigenvalue weighted by Gasteiger charge is -2.06. The summed E-state index contributed by atoms with van der Waals surface area (Å²) >= 11 is 6.02. The van der Waals surface area contributed by atoms with Crippen LogP contribution in [0.5, 0.6) is 0 Å². The number of hydrogen-bond donors (Lipinski definition) is 3. The van der Waals surface area contributed by atoms with E-state index in [4.69, 9.17) is 23.1 Å². The maximum atomic E-state index is 6.02. The topological polar surface area (TPSA) is 76.4 Å². The molecule has 14 heavy (non-hydrogen) atoms.